The molecule has 1 atom stereocenters. The fraction of sp³-hybridized carbons (Fsp3) is 0.444. The lowest BCUT2D eigenvalue weighted by molar-refractivity contribution is -0.176. The second-order valence-electron chi connectivity index (χ2n) is 8.71. The van der Waals surface area contributed by atoms with Crippen LogP contribution in [0.4, 0.5) is 0 Å². The third kappa shape index (κ3) is 16.4. The normalized spacial score (nSPS) is 10.8. The Morgan fingerprint density at radius 3 is 1.24 bits per heavy atom. The summed E-state index contributed by atoms with van der Waals surface area (Å²) in [7, 11) is 0. The lowest BCUT2D eigenvalue weighted by atomic mass is 10.1. The van der Waals surface area contributed by atoms with Crippen LogP contribution in [0.1, 0.15) is 48.5 Å². The summed E-state index contributed by atoms with van der Waals surface area (Å²) < 4.78 is 24.9. The van der Waals surface area contributed by atoms with Gasteiger partial charge in [0.1, 0.15) is 25.9 Å². The summed E-state index contributed by atoms with van der Waals surface area (Å²) in [6, 6.07) is 0. The van der Waals surface area contributed by atoms with Crippen LogP contribution in [0.2, 0.25) is 0 Å². The number of carbonyl (C=O) groups excluding carboxylic acids is 5. The number of ether oxygens (including phenoxy) is 5. The van der Waals surface area contributed by atoms with Gasteiger partial charge in [0, 0.05) is 27.9 Å². The molecule has 10 heteroatoms. The second-order valence-corrected chi connectivity index (χ2v) is 8.71. The lowest BCUT2D eigenvalue weighted by Gasteiger charge is -2.28. The maximum absolute atomic E-state index is 11.7. The number of hydrogen-bond donors (Lipinski definition) is 0. The highest BCUT2D eigenvalue weighted by Crippen LogP contribution is 2.16. The van der Waals surface area contributed by atoms with E-state index in [4.69, 9.17) is 23.7 Å². The molecule has 0 aliphatic carbocycles. The standard InChI is InChI=1S/C16H22O6.C11H16O4/c1-10(2)13(17)20-8-16(7,22-15(19)12(5)6)9-21-14(18)11(3)4;1-7(2)10(12)14-6-9(5)15-11(13)8(3)4/h1,3,5,8-9H2,2,4,6-7H3;9H,1,3,6H2,2,4-5H3. The van der Waals surface area contributed by atoms with Gasteiger partial charge in [-0.25, -0.2) is 24.0 Å². The van der Waals surface area contributed by atoms with Crippen molar-refractivity contribution in [3.63, 3.8) is 0 Å². The molecule has 0 aromatic heterocycles. The molecule has 0 aromatic carbocycles. The van der Waals surface area contributed by atoms with Crippen LogP contribution in [-0.2, 0) is 47.7 Å². The monoisotopic (exact) mass is 522 g/mol. The SMILES string of the molecule is C=C(C)C(=O)OCC(C)(COC(=O)C(=C)C)OC(=O)C(=C)C.C=C(C)C(=O)OCC(C)OC(=O)C(=C)C. The summed E-state index contributed by atoms with van der Waals surface area (Å²) in [5, 5.41) is 0. The Morgan fingerprint density at radius 1 is 0.595 bits per heavy atom. The zero-order chi connectivity index (χ0) is 29.5. The molecule has 0 bridgehead atoms. The van der Waals surface area contributed by atoms with Crippen molar-refractivity contribution in [1.82, 2.24) is 0 Å². The molecule has 206 valence electrons. The molecule has 0 N–H and O–H groups in total. The van der Waals surface area contributed by atoms with Crippen molar-refractivity contribution in [3.05, 3.63) is 60.8 Å². The summed E-state index contributed by atoms with van der Waals surface area (Å²) >= 11 is 0. The van der Waals surface area contributed by atoms with Gasteiger partial charge in [0.05, 0.1) is 0 Å². The van der Waals surface area contributed by atoms with Crippen LogP contribution >= 0.6 is 0 Å². The molecule has 0 spiro atoms. The number of carbonyl (C=O) groups is 5. The zero-order valence-electron chi connectivity index (χ0n) is 22.8. The maximum Gasteiger partial charge on any atom is 0.333 e. The molecule has 0 radical (unpaired) electrons. The molecule has 10 nitrogen and oxygen atoms in total. The molecular formula is C27H38O10. The van der Waals surface area contributed by atoms with E-state index >= 15 is 0 Å². The van der Waals surface area contributed by atoms with Gasteiger partial charge in [0.25, 0.3) is 0 Å². The van der Waals surface area contributed by atoms with E-state index in [-0.39, 0.29) is 36.5 Å². The van der Waals surface area contributed by atoms with Crippen molar-refractivity contribution in [2.45, 2.75) is 60.2 Å². The first-order valence-corrected chi connectivity index (χ1v) is 11.1. The molecule has 1 unspecified atom stereocenters. The minimum atomic E-state index is -1.34. The highest BCUT2D eigenvalue weighted by molar-refractivity contribution is 5.89. The summed E-state index contributed by atoms with van der Waals surface area (Å²) in [4.78, 5) is 56.6. The molecule has 0 aliphatic rings. The lowest BCUT2D eigenvalue weighted by Crippen LogP contribution is -2.43. The molecule has 0 amide bonds. The minimum Gasteiger partial charge on any atom is -0.458 e. The molecule has 0 saturated heterocycles. The Morgan fingerprint density at radius 2 is 0.919 bits per heavy atom. The van der Waals surface area contributed by atoms with Gasteiger partial charge in [-0.1, -0.05) is 32.9 Å². The first-order valence-electron chi connectivity index (χ1n) is 11.1. The van der Waals surface area contributed by atoms with E-state index in [1.54, 1.807) is 20.8 Å². The Bertz CT molecular complexity index is 924. The Kier molecular flexibility index (Phi) is 15.9. The summed E-state index contributed by atoms with van der Waals surface area (Å²) in [6.45, 7) is 27.3. The average molecular weight is 523 g/mol. The predicted molar refractivity (Wildman–Crippen MR) is 137 cm³/mol. The first-order chi connectivity index (χ1) is 16.8. The average Bonchev–Trinajstić information content (AvgIpc) is 2.79. The van der Waals surface area contributed by atoms with E-state index in [1.165, 1.54) is 27.7 Å². The summed E-state index contributed by atoms with van der Waals surface area (Å²) in [5.41, 5.74) is -0.142. The predicted octanol–water partition coefficient (Wildman–Crippen LogP) is 3.72. The third-order valence-corrected chi connectivity index (χ3v) is 3.86. The molecule has 0 fully saturated rings. The van der Waals surface area contributed by atoms with Gasteiger partial charge in [0.2, 0.25) is 0 Å². The molecular weight excluding hydrogens is 484 g/mol. The van der Waals surface area contributed by atoms with Crippen LogP contribution in [0.3, 0.4) is 0 Å². The Balaban J connectivity index is 0. The largest absolute Gasteiger partial charge is 0.458 e. The topological polar surface area (TPSA) is 132 Å². The molecule has 37 heavy (non-hydrogen) atoms. The van der Waals surface area contributed by atoms with Crippen molar-refractivity contribution >= 4 is 29.8 Å². The van der Waals surface area contributed by atoms with E-state index in [0.29, 0.717) is 11.1 Å². The van der Waals surface area contributed by atoms with E-state index in [0.717, 1.165) is 0 Å². The van der Waals surface area contributed by atoms with Gasteiger partial charge in [0.15, 0.2) is 5.60 Å². The van der Waals surface area contributed by atoms with Crippen molar-refractivity contribution in [2.75, 3.05) is 19.8 Å². The van der Waals surface area contributed by atoms with E-state index < -0.39 is 41.6 Å². The van der Waals surface area contributed by atoms with Crippen LogP contribution in [0.5, 0.6) is 0 Å². The molecule has 0 aromatic rings. The number of rotatable bonds is 13. The van der Waals surface area contributed by atoms with Gasteiger partial charge in [-0.3, -0.25) is 0 Å². The summed E-state index contributed by atoms with van der Waals surface area (Å²) in [6.07, 6.45) is -0.488. The van der Waals surface area contributed by atoms with E-state index in [9.17, 15) is 24.0 Å². The van der Waals surface area contributed by atoms with E-state index in [1.807, 2.05) is 0 Å². The van der Waals surface area contributed by atoms with Crippen molar-refractivity contribution in [3.8, 4) is 0 Å². The van der Waals surface area contributed by atoms with E-state index in [2.05, 4.69) is 32.9 Å². The summed E-state index contributed by atoms with van der Waals surface area (Å²) in [5.74, 6) is -2.94. The van der Waals surface area contributed by atoms with Crippen molar-refractivity contribution in [1.29, 1.82) is 0 Å². The number of hydrogen-bond acceptors (Lipinski definition) is 10. The molecule has 0 rings (SSSR count). The fourth-order valence-corrected chi connectivity index (χ4v) is 1.73. The van der Waals surface area contributed by atoms with Crippen LogP contribution in [0.25, 0.3) is 0 Å². The minimum absolute atomic E-state index is 0.0186. The maximum atomic E-state index is 11.7. The molecule has 0 aliphatic heterocycles. The fourth-order valence-electron chi connectivity index (χ4n) is 1.73. The first kappa shape index (κ1) is 35.2. The van der Waals surface area contributed by atoms with Crippen molar-refractivity contribution in [2.24, 2.45) is 0 Å². The zero-order valence-corrected chi connectivity index (χ0v) is 22.8. The van der Waals surface area contributed by atoms with Crippen LogP contribution < -0.4 is 0 Å². The van der Waals surface area contributed by atoms with Gasteiger partial charge in [-0.2, -0.15) is 0 Å². The van der Waals surface area contributed by atoms with Crippen LogP contribution in [-0.4, -0.2) is 61.4 Å². The quantitative estimate of drug-likeness (QED) is 0.200. The van der Waals surface area contributed by atoms with Gasteiger partial charge < -0.3 is 23.7 Å². The highest BCUT2D eigenvalue weighted by Gasteiger charge is 2.33. The molecule has 0 heterocycles. The third-order valence-electron chi connectivity index (χ3n) is 3.86. The highest BCUT2D eigenvalue weighted by atomic mass is 16.6. The van der Waals surface area contributed by atoms with Crippen LogP contribution in [0, 0.1) is 0 Å². The van der Waals surface area contributed by atoms with Gasteiger partial charge in [-0.05, 0) is 48.5 Å². The van der Waals surface area contributed by atoms with Gasteiger partial charge >= 0.3 is 29.8 Å². The van der Waals surface area contributed by atoms with Crippen molar-refractivity contribution < 1.29 is 47.7 Å². The Hall–Kier alpha value is -3.95. The Labute approximate surface area is 218 Å². The van der Waals surface area contributed by atoms with Gasteiger partial charge in [-0.15, -0.1) is 0 Å². The second kappa shape index (κ2) is 16.7. The van der Waals surface area contributed by atoms with Crippen LogP contribution in [0.15, 0.2) is 60.8 Å². The number of esters is 5. The smallest absolute Gasteiger partial charge is 0.333 e. The molecule has 0 saturated carbocycles.